The highest BCUT2D eigenvalue weighted by atomic mass is 32.2. The van der Waals surface area contributed by atoms with E-state index in [0.29, 0.717) is 29.9 Å². The summed E-state index contributed by atoms with van der Waals surface area (Å²) in [4.78, 5) is 23.5. The number of anilines is 1. The number of aryl methyl sites for hydroxylation is 1. The van der Waals surface area contributed by atoms with E-state index in [1.54, 1.807) is 27.7 Å². The number of rotatable bonds is 5. The Morgan fingerprint density at radius 1 is 0.946 bits per heavy atom. The maximum absolute atomic E-state index is 13.8. The first-order chi connectivity index (χ1) is 18.1. The van der Waals surface area contributed by atoms with Gasteiger partial charge in [-0.3, -0.25) is 9.36 Å². The number of aromatic nitrogens is 2. The number of morpholine rings is 1. The number of thioether (sulfide) groups is 1. The van der Waals surface area contributed by atoms with Gasteiger partial charge in [0.1, 0.15) is 0 Å². The van der Waals surface area contributed by atoms with E-state index >= 15 is 0 Å². The molecule has 0 amide bonds. The second kappa shape index (κ2) is 10.2. The van der Waals surface area contributed by atoms with Crippen molar-refractivity contribution in [2.75, 3.05) is 37.5 Å². The molecule has 0 N–H and O–H groups in total. The molecular formula is C30H27N3O2S2. The van der Waals surface area contributed by atoms with Gasteiger partial charge in [-0.2, -0.15) is 0 Å². The minimum absolute atomic E-state index is 0.0587. The molecule has 1 saturated heterocycles. The Morgan fingerprint density at radius 3 is 2.41 bits per heavy atom. The van der Waals surface area contributed by atoms with Gasteiger partial charge in [-0.15, -0.1) is 23.1 Å². The lowest BCUT2D eigenvalue weighted by molar-refractivity contribution is 0.123. The fraction of sp³-hybridized carbons (Fsp3) is 0.200. The third-order valence-electron chi connectivity index (χ3n) is 6.70. The van der Waals surface area contributed by atoms with Gasteiger partial charge in [0, 0.05) is 23.5 Å². The van der Waals surface area contributed by atoms with Crippen LogP contribution in [0.5, 0.6) is 0 Å². The van der Waals surface area contributed by atoms with Crippen molar-refractivity contribution in [3.05, 3.63) is 94.8 Å². The number of para-hydroxylation sites is 1. The molecule has 1 aliphatic heterocycles. The highest BCUT2D eigenvalue weighted by Crippen LogP contribution is 2.43. The van der Waals surface area contributed by atoms with E-state index < -0.39 is 0 Å². The molecule has 0 atom stereocenters. The first kappa shape index (κ1) is 24.0. The van der Waals surface area contributed by atoms with Crippen LogP contribution in [0.1, 0.15) is 5.56 Å². The fourth-order valence-electron chi connectivity index (χ4n) is 4.70. The standard InChI is InChI=1S/C30H27N3O2S2/c1-20-7-11-22(12-8-20)33-28(31-26-6-4-3-5-24(26)29(33)34)27-19-25(21-9-13-23(36-2)14-10-21)30(37-27)32-15-17-35-18-16-32/h3-14,19H,15-18H2,1-2H3. The number of hydrogen-bond donors (Lipinski definition) is 0. The van der Waals surface area contributed by atoms with Crippen molar-refractivity contribution in [1.29, 1.82) is 0 Å². The van der Waals surface area contributed by atoms with Crippen LogP contribution in [0, 0.1) is 6.92 Å². The fourth-order valence-corrected chi connectivity index (χ4v) is 6.32. The summed E-state index contributed by atoms with van der Waals surface area (Å²) in [5.74, 6) is 0.666. The largest absolute Gasteiger partial charge is 0.378 e. The topological polar surface area (TPSA) is 47.4 Å². The summed E-state index contributed by atoms with van der Waals surface area (Å²) in [5.41, 5.74) is 4.93. The van der Waals surface area contributed by atoms with E-state index in [4.69, 9.17) is 9.72 Å². The lowest BCUT2D eigenvalue weighted by atomic mass is 10.1. The molecule has 0 unspecified atom stereocenters. The molecular weight excluding hydrogens is 498 g/mol. The van der Waals surface area contributed by atoms with Crippen LogP contribution in [0.25, 0.3) is 38.4 Å². The van der Waals surface area contributed by atoms with Crippen LogP contribution >= 0.6 is 23.1 Å². The molecule has 0 radical (unpaired) electrons. The average Bonchev–Trinajstić information content (AvgIpc) is 3.40. The van der Waals surface area contributed by atoms with Crippen LogP contribution in [-0.2, 0) is 4.74 Å². The van der Waals surface area contributed by atoms with Crippen LogP contribution < -0.4 is 10.5 Å². The molecule has 5 nitrogen and oxygen atoms in total. The first-order valence-electron chi connectivity index (χ1n) is 12.3. The Bertz CT molecular complexity index is 1620. The summed E-state index contributed by atoms with van der Waals surface area (Å²) in [6.45, 7) is 5.15. The molecule has 0 saturated carbocycles. The lowest BCUT2D eigenvalue weighted by Crippen LogP contribution is -2.35. The lowest BCUT2D eigenvalue weighted by Gasteiger charge is -2.28. The second-order valence-corrected chi connectivity index (χ2v) is 11.0. The van der Waals surface area contributed by atoms with Crippen LogP contribution in [0.4, 0.5) is 5.00 Å². The Morgan fingerprint density at radius 2 is 1.68 bits per heavy atom. The normalized spacial score (nSPS) is 13.8. The monoisotopic (exact) mass is 525 g/mol. The number of nitrogens with zero attached hydrogens (tertiary/aromatic N) is 3. The maximum atomic E-state index is 13.8. The highest BCUT2D eigenvalue weighted by Gasteiger charge is 2.23. The molecule has 37 heavy (non-hydrogen) atoms. The summed E-state index contributed by atoms with van der Waals surface area (Å²) in [5, 5.41) is 1.80. The smallest absolute Gasteiger partial charge is 0.266 e. The van der Waals surface area contributed by atoms with Crippen molar-refractivity contribution < 1.29 is 4.74 Å². The van der Waals surface area contributed by atoms with Crippen molar-refractivity contribution in [2.24, 2.45) is 0 Å². The number of benzene rings is 3. The summed E-state index contributed by atoms with van der Waals surface area (Å²) in [7, 11) is 0. The molecule has 1 fully saturated rings. The zero-order valence-electron chi connectivity index (χ0n) is 20.8. The molecule has 3 heterocycles. The van der Waals surface area contributed by atoms with E-state index in [-0.39, 0.29) is 5.56 Å². The molecule has 7 heteroatoms. The Balaban J connectivity index is 1.59. The Hall–Kier alpha value is -3.39. The van der Waals surface area contributed by atoms with E-state index in [9.17, 15) is 4.79 Å². The summed E-state index contributed by atoms with van der Waals surface area (Å²) >= 11 is 3.43. The highest BCUT2D eigenvalue weighted by molar-refractivity contribution is 7.98. The van der Waals surface area contributed by atoms with E-state index in [1.807, 2.05) is 48.5 Å². The van der Waals surface area contributed by atoms with Gasteiger partial charge in [-0.1, -0.05) is 42.0 Å². The van der Waals surface area contributed by atoms with Crippen LogP contribution in [0.2, 0.25) is 0 Å². The number of ether oxygens (including phenoxy) is 1. The predicted octanol–water partition coefficient (Wildman–Crippen LogP) is 6.65. The van der Waals surface area contributed by atoms with Gasteiger partial charge < -0.3 is 9.64 Å². The zero-order chi connectivity index (χ0) is 25.4. The molecule has 1 aliphatic rings. The summed E-state index contributed by atoms with van der Waals surface area (Å²) in [6.07, 6.45) is 2.09. The molecule has 0 spiro atoms. The summed E-state index contributed by atoms with van der Waals surface area (Å²) in [6, 6.07) is 26.5. The van der Waals surface area contributed by atoms with Gasteiger partial charge in [-0.25, -0.2) is 4.98 Å². The van der Waals surface area contributed by atoms with E-state index in [1.165, 1.54) is 9.90 Å². The van der Waals surface area contributed by atoms with Gasteiger partial charge in [0.15, 0.2) is 5.82 Å². The first-order valence-corrected chi connectivity index (χ1v) is 14.4. The third kappa shape index (κ3) is 4.59. The second-order valence-electron chi connectivity index (χ2n) is 9.09. The zero-order valence-corrected chi connectivity index (χ0v) is 22.4. The predicted molar refractivity (Wildman–Crippen MR) is 156 cm³/mol. The molecule has 186 valence electrons. The van der Waals surface area contributed by atoms with Gasteiger partial charge >= 0.3 is 0 Å². The quantitative estimate of drug-likeness (QED) is 0.241. The summed E-state index contributed by atoms with van der Waals surface area (Å²) < 4.78 is 7.40. The van der Waals surface area contributed by atoms with E-state index in [2.05, 4.69) is 48.4 Å². The Kier molecular flexibility index (Phi) is 6.59. The van der Waals surface area contributed by atoms with Gasteiger partial charge in [0.05, 0.1) is 39.7 Å². The minimum atomic E-state index is -0.0587. The van der Waals surface area contributed by atoms with Gasteiger partial charge in [0.2, 0.25) is 0 Å². The van der Waals surface area contributed by atoms with Gasteiger partial charge in [-0.05, 0) is 61.2 Å². The SMILES string of the molecule is CSc1ccc(-c2cc(-c3nc4ccccc4c(=O)n3-c3ccc(C)cc3)sc2N2CCOCC2)cc1. The third-order valence-corrected chi connectivity index (χ3v) is 8.64. The van der Waals surface area contributed by atoms with Crippen molar-refractivity contribution in [3.63, 3.8) is 0 Å². The molecule has 0 aliphatic carbocycles. The molecule has 3 aromatic carbocycles. The average molecular weight is 526 g/mol. The van der Waals surface area contributed by atoms with Crippen molar-refractivity contribution in [1.82, 2.24) is 9.55 Å². The number of fused-ring (bicyclic) bond motifs is 1. The van der Waals surface area contributed by atoms with Gasteiger partial charge in [0.25, 0.3) is 5.56 Å². The molecule has 2 aromatic heterocycles. The van der Waals surface area contributed by atoms with Crippen molar-refractivity contribution in [2.45, 2.75) is 11.8 Å². The molecule has 0 bridgehead atoms. The van der Waals surface area contributed by atoms with Crippen molar-refractivity contribution in [3.8, 4) is 27.5 Å². The number of thiophene rings is 1. The van der Waals surface area contributed by atoms with Crippen LogP contribution in [-0.4, -0.2) is 42.1 Å². The van der Waals surface area contributed by atoms with Crippen LogP contribution in [0.3, 0.4) is 0 Å². The van der Waals surface area contributed by atoms with E-state index in [0.717, 1.165) is 40.3 Å². The minimum Gasteiger partial charge on any atom is -0.378 e. The van der Waals surface area contributed by atoms with Crippen LogP contribution in [0.15, 0.2) is 88.6 Å². The maximum Gasteiger partial charge on any atom is 0.266 e. The Labute approximate surface area is 224 Å². The molecule has 5 aromatic rings. The van der Waals surface area contributed by atoms with Crippen molar-refractivity contribution >= 4 is 39.0 Å². The molecule has 6 rings (SSSR count). The number of hydrogen-bond acceptors (Lipinski definition) is 6.